The van der Waals surface area contributed by atoms with Gasteiger partial charge in [0.15, 0.2) is 0 Å². The van der Waals surface area contributed by atoms with Crippen LogP contribution in [0.5, 0.6) is 5.75 Å². The Labute approximate surface area is 266 Å². The highest BCUT2D eigenvalue weighted by Crippen LogP contribution is 2.41. The molecule has 2 aliphatic heterocycles. The van der Waals surface area contributed by atoms with Gasteiger partial charge in [0.2, 0.25) is 11.9 Å². The highest BCUT2D eigenvalue weighted by molar-refractivity contribution is 6.06. The summed E-state index contributed by atoms with van der Waals surface area (Å²) in [5, 5.41) is 5.90. The molecule has 3 aromatic rings. The Kier molecular flexibility index (Phi) is 8.94. The van der Waals surface area contributed by atoms with Crippen molar-refractivity contribution in [2.45, 2.75) is 83.4 Å². The number of fused-ring (bicyclic) bond motifs is 1. The predicted octanol–water partition coefficient (Wildman–Crippen LogP) is 7.38. The Hall–Kier alpha value is -4.35. The van der Waals surface area contributed by atoms with E-state index in [1.54, 1.807) is 36.9 Å². The molecule has 46 heavy (non-hydrogen) atoms. The molecule has 0 bridgehead atoms. The Bertz CT molecular complexity index is 1630. The van der Waals surface area contributed by atoms with E-state index in [0.29, 0.717) is 30.2 Å². The van der Waals surface area contributed by atoms with Crippen molar-refractivity contribution in [2.24, 2.45) is 0 Å². The Balaban J connectivity index is 1.32. The van der Waals surface area contributed by atoms with Crippen LogP contribution in [-0.2, 0) is 34.0 Å². The number of nitrogens with one attached hydrogen (secondary N) is 2. The van der Waals surface area contributed by atoms with Crippen LogP contribution in [0.4, 0.5) is 35.3 Å². The average Bonchev–Trinajstić information content (AvgIpc) is 3.22. The van der Waals surface area contributed by atoms with Gasteiger partial charge in [-0.2, -0.15) is 13.2 Å². The molecule has 1 fully saturated rings. The second-order valence-electron chi connectivity index (χ2n) is 13.3. The molecule has 1 aromatic heterocycles. The Morgan fingerprint density at radius 3 is 2.48 bits per heavy atom. The molecule has 0 spiro atoms. The second-order valence-corrected chi connectivity index (χ2v) is 13.3. The number of piperidine rings is 1. The summed E-state index contributed by atoms with van der Waals surface area (Å²) in [7, 11) is 1.52. The number of methoxy groups -OCH3 is 1. The molecule has 3 heterocycles. The molecule has 0 aliphatic carbocycles. The summed E-state index contributed by atoms with van der Waals surface area (Å²) in [5.74, 6) is 0.558. The lowest BCUT2D eigenvalue weighted by Gasteiger charge is -2.33. The first-order valence-electron chi connectivity index (χ1n) is 15.4. The zero-order chi connectivity index (χ0) is 33.4. The first kappa shape index (κ1) is 33.0. The first-order chi connectivity index (χ1) is 21.6. The van der Waals surface area contributed by atoms with Crippen LogP contribution in [-0.4, -0.2) is 52.7 Å². The van der Waals surface area contributed by atoms with Crippen molar-refractivity contribution < 1.29 is 32.2 Å². The molecular formula is C34H40F3N5O4. The molecule has 2 aromatic carbocycles. The lowest BCUT2D eigenvalue weighted by atomic mass is 9.82. The largest absolute Gasteiger partial charge is 0.495 e. The van der Waals surface area contributed by atoms with E-state index in [4.69, 9.17) is 9.47 Å². The summed E-state index contributed by atoms with van der Waals surface area (Å²) >= 11 is 0. The minimum atomic E-state index is -4.64. The topological polar surface area (TPSA) is 106 Å². The SMILES string of the molecule is COc1cc(C2CCN(C(=O)OC(C)(C)C)CC2)ccc1Nc1ncc(C(F)(F)F)c(CCc2cccc3c2C(C)(C)C(=O)N3)n1. The lowest BCUT2D eigenvalue weighted by Crippen LogP contribution is -2.41. The van der Waals surface area contributed by atoms with Gasteiger partial charge in [0, 0.05) is 25.0 Å². The molecule has 2 N–H and O–H groups in total. The van der Waals surface area contributed by atoms with Crippen LogP contribution < -0.4 is 15.4 Å². The van der Waals surface area contributed by atoms with E-state index in [-0.39, 0.29) is 42.4 Å². The number of nitrogens with zero attached hydrogens (tertiary/aromatic N) is 3. The van der Waals surface area contributed by atoms with Gasteiger partial charge in [-0.1, -0.05) is 18.2 Å². The van der Waals surface area contributed by atoms with E-state index in [1.807, 2.05) is 39.0 Å². The molecule has 2 aliphatic rings. The standard InChI is InChI=1S/C34H40F3N5O4/c1-32(2,3)46-31(44)42-16-14-20(15-17-42)22-11-13-25(27(18-22)45-6)41-30-38-19-23(34(35,36)37)24(40-30)12-10-21-8-7-9-26-28(21)33(4,5)29(43)39-26/h7-9,11,13,18-20H,10,12,14-17H2,1-6H3,(H,39,43)(H,38,40,41). The number of ether oxygens (including phenoxy) is 2. The van der Waals surface area contributed by atoms with Crippen molar-refractivity contribution in [2.75, 3.05) is 30.8 Å². The fourth-order valence-electron chi connectivity index (χ4n) is 6.11. The van der Waals surface area contributed by atoms with E-state index in [1.165, 1.54) is 7.11 Å². The minimum Gasteiger partial charge on any atom is -0.495 e. The van der Waals surface area contributed by atoms with Crippen molar-refractivity contribution in [1.82, 2.24) is 14.9 Å². The monoisotopic (exact) mass is 639 g/mol. The maximum absolute atomic E-state index is 14.0. The molecule has 0 unspecified atom stereocenters. The molecule has 5 rings (SSSR count). The number of carbonyl (C=O) groups excluding carboxylic acids is 2. The van der Waals surface area contributed by atoms with Gasteiger partial charge in [-0.15, -0.1) is 0 Å². The van der Waals surface area contributed by atoms with Crippen molar-refractivity contribution in [3.8, 4) is 5.75 Å². The van der Waals surface area contributed by atoms with Gasteiger partial charge in [-0.3, -0.25) is 4.79 Å². The number of aryl methyl sites for hydroxylation is 2. The number of amides is 2. The number of rotatable bonds is 7. The van der Waals surface area contributed by atoms with Crippen molar-refractivity contribution in [3.05, 3.63) is 70.5 Å². The van der Waals surface area contributed by atoms with Crippen LogP contribution in [0, 0.1) is 0 Å². The zero-order valence-electron chi connectivity index (χ0n) is 27.0. The second kappa shape index (κ2) is 12.4. The Morgan fingerprint density at radius 2 is 1.83 bits per heavy atom. The van der Waals surface area contributed by atoms with E-state index in [9.17, 15) is 22.8 Å². The normalized spacial score (nSPS) is 16.5. The average molecular weight is 640 g/mol. The highest BCUT2D eigenvalue weighted by Gasteiger charge is 2.40. The summed E-state index contributed by atoms with van der Waals surface area (Å²) < 4.78 is 53.1. The third-order valence-electron chi connectivity index (χ3n) is 8.49. The third kappa shape index (κ3) is 7.05. The Morgan fingerprint density at radius 1 is 1.11 bits per heavy atom. The lowest BCUT2D eigenvalue weighted by molar-refractivity contribution is -0.138. The van der Waals surface area contributed by atoms with Crippen LogP contribution in [0.25, 0.3) is 0 Å². The third-order valence-corrected chi connectivity index (χ3v) is 8.49. The molecule has 0 saturated carbocycles. The molecule has 0 radical (unpaired) electrons. The van der Waals surface area contributed by atoms with Crippen LogP contribution in [0.2, 0.25) is 0 Å². The van der Waals surface area contributed by atoms with Gasteiger partial charge in [0.05, 0.1) is 29.5 Å². The first-order valence-corrected chi connectivity index (χ1v) is 15.4. The molecule has 2 amide bonds. The number of alkyl halides is 3. The number of halogens is 3. The van der Waals surface area contributed by atoms with E-state index < -0.39 is 22.8 Å². The number of aromatic nitrogens is 2. The minimum absolute atomic E-state index is 0.00909. The molecule has 12 heteroatoms. The molecule has 0 atom stereocenters. The molecular weight excluding hydrogens is 599 g/mol. The molecule has 246 valence electrons. The smallest absolute Gasteiger partial charge is 0.419 e. The van der Waals surface area contributed by atoms with Crippen LogP contribution >= 0.6 is 0 Å². The summed E-state index contributed by atoms with van der Waals surface area (Å²) in [6, 6.07) is 11.1. The predicted molar refractivity (Wildman–Crippen MR) is 169 cm³/mol. The summed E-state index contributed by atoms with van der Waals surface area (Å²) in [4.78, 5) is 35.0. The van der Waals surface area contributed by atoms with E-state index in [2.05, 4.69) is 20.6 Å². The number of anilines is 3. The zero-order valence-corrected chi connectivity index (χ0v) is 27.0. The van der Waals surface area contributed by atoms with Gasteiger partial charge in [0.1, 0.15) is 11.4 Å². The van der Waals surface area contributed by atoms with Crippen molar-refractivity contribution in [3.63, 3.8) is 0 Å². The van der Waals surface area contributed by atoms with Gasteiger partial charge < -0.3 is 25.0 Å². The highest BCUT2D eigenvalue weighted by atomic mass is 19.4. The number of hydrogen-bond donors (Lipinski definition) is 2. The van der Waals surface area contributed by atoms with Crippen LogP contribution in [0.15, 0.2) is 42.6 Å². The maximum Gasteiger partial charge on any atom is 0.419 e. The molecule has 9 nitrogen and oxygen atoms in total. The van der Waals surface area contributed by atoms with Gasteiger partial charge in [0.25, 0.3) is 0 Å². The van der Waals surface area contributed by atoms with Gasteiger partial charge >= 0.3 is 12.3 Å². The van der Waals surface area contributed by atoms with Crippen molar-refractivity contribution in [1.29, 1.82) is 0 Å². The van der Waals surface area contributed by atoms with Crippen molar-refractivity contribution >= 4 is 29.3 Å². The number of carbonyl (C=O) groups is 2. The molecule has 1 saturated heterocycles. The fraction of sp³-hybridized carbons (Fsp3) is 0.471. The van der Waals surface area contributed by atoms with Gasteiger partial charge in [-0.25, -0.2) is 14.8 Å². The van der Waals surface area contributed by atoms with Crippen LogP contribution in [0.3, 0.4) is 0 Å². The van der Waals surface area contributed by atoms with E-state index >= 15 is 0 Å². The number of hydrogen-bond acceptors (Lipinski definition) is 7. The van der Waals surface area contributed by atoms with E-state index in [0.717, 1.165) is 35.7 Å². The summed E-state index contributed by atoms with van der Waals surface area (Å²) in [6.45, 7) is 10.3. The van der Waals surface area contributed by atoms with Crippen LogP contribution in [0.1, 0.15) is 81.3 Å². The number of likely N-dealkylation sites (tertiary alicyclic amines) is 1. The van der Waals surface area contributed by atoms with Gasteiger partial charge in [-0.05, 0) is 101 Å². The summed E-state index contributed by atoms with van der Waals surface area (Å²) in [6.07, 6.45) is -2.39. The fourth-order valence-corrected chi connectivity index (χ4v) is 6.11. The quantitative estimate of drug-likeness (QED) is 0.278. The summed E-state index contributed by atoms with van der Waals surface area (Å²) in [5.41, 5.74) is 1.40. The number of benzene rings is 2. The maximum atomic E-state index is 14.0.